The van der Waals surface area contributed by atoms with Crippen LogP contribution >= 0.6 is 45.8 Å². The van der Waals surface area contributed by atoms with Crippen molar-refractivity contribution in [2.45, 2.75) is 42.6 Å². The van der Waals surface area contributed by atoms with Crippen LogP contribution in [0.2, 0.25) is 10.2 Å². The maximum absolute atomic E-state index is 13.1. The zero-order valence-corrected chi connectivity index (χ0v) is 24.9. The Labute approximate surface area is 254 Å². The first-order chi connectivity index (χ1) is 19.4. The molecular formula is C27H25Cl2IN8O2. The molecule has 1 atom stereocenters. The van der Waals surface area contributed by atoms with Gasteiger partial charge in [0.05, 0.1) is 17.4 Å². The van der Waals surface area contributed by atoms with Crippen molar-refractivity contribution in [3.63, 3.8) is 0 Å². The van der Waals surface area contributed by atoms with Gasteiger partial charge in [-0.2, -0.15) is 4.68 Å². The van der Waals surface area contributed by atoms with Crippen molar-refractivity contribution in [1.29, 1.82) is 0 Å². The average Bonchev–Trinajstić information content (AvgIpc) is 3.61. The minimum Gasteiger partial charge on any atom is -0.343 e. The largest absolute Gasteiger partial charge is 0.343 e. The second-order valence-corrected chi connectivity index (χ2v) is 10.9. The number of carbonyl (C=O) groups is 2. The third-order valence-corrected chi connectivity index (χ3v) is 7.88. The van der Waals surface area contributed by atoms with Gasteiger partial charge in [-0.1, -0.05) is 70.8 Å². The molecule has 10 nitrogen and oxygen atoms in total. The molecule has 0 unspecified atom stereocenters. The number of aromatic amines is 1. The topological polar surface area (TPSA) is 130 Å². The molecule has 13 heteroatoms. The Morgan fingerprint density at radius 2 is 2.05 bits per heavy atom. The van der Waals surface area contributed by atoms with E-state index in [-0.39, 0.29) is 11.8 Å². The SMILES string of the molecule is O=C(/C=C/c1cc(Cl)ccc1-n1cnnn1)N[C@H]1CCCCCC(=O)Nc2cc(CI)ccc2-c2nc1[nH]c2Cl. The van der Waals surface area contributed by atoms with E-state index >= 15 is 0 Å². The highest BCUT2D eigenvalue weighted by Crippen LogP contribution is 2.35. The summed E-state index contributed by atoms with van der Waals surface area (Å²) in [6.07, 6.45) is 7.97. The van der Waals surface area contributed by atoms with E-state index in [1.54, 1.807) is 24.3 Å². The van der Waals surface area contributed by atoms with E-state index in [0.29, 0.717) is 51.5 Å². The highest BCUT2D eigenvalue weighted by atomic mass is 127. The van der Waals surface area contributed by atoms with Gasteiger partial charge in [-0.05, 0) is 59.2 Å². The van der Waals surface area contributed by atoms with Crippen LogP contribution in [0.4, 0.5) is 5.69 Å². The molecular weight excluding hydrogens is 666 g/mol. The summed E-state index contributed by atoms with van der Waals surface area (Å²) >= 11 is 15.1. The summed E-state index contributed by atoms with van der Waals surface area (Å²) in [5.41, 5.74) is 4.33. The van der Waals surface area contributed by atoms with E-state index in [1.807, 2.05) is 18.2 Å². The summed E-state index contributed by atoms with van der Waals surface area (Å²) in [5, 5.41) is 18.2. The van der Waals surface area contributed by atoms with Crippen molar-refractivity contribution < 1.29 is 9.59 Å². The van der Waals surface area contributed by atoms with Crippen LogP contribution in [0, 0.1) is 0 Å². The zero-order chi connectivity index (χ0) is 28.1. The number of anilines is 1. The van der Waals surface area contributed by atoms with Gasteiger partial charge < -0.3 is 15.6 Å². The molecule has 0 saturated carbocycles. The third kappa shape index (κ3) is 6.70. The average molecular weight is 691 g/mol. The van der Waals surface area contributed by atoms with E-state index in [9.17, 15) is 9.59 Å². The third-order valence-electron chi connectivity index (χ3n) is 6.49. The van der Waals surface area contributed by atoms with Crippen LogP contribution in [0.3, 0.4) is 0 Å². The summed E-state index contributed by atoms with van der Waals surface area (Å²) in [4.78, 5) is 33.7. The van der Waals surface area contributed by atoms with Crippen molar-refractivity contribution in [3.05, 3.63) is 75.9 Å². The van der Waals surface area contributed by atoms with E-state index < -0.39 is 6.04 Å². The number of fused-ring (bicyclic) bond motifs is 4. The maximum Gasteiger partial charge on any atom is 0.244 e. The molecule has 5 rings (SSSR count). The van der Waals surface area contributed by atoms with Crippen LogP contribution in [0.1, 0.15) is 55.1 Å². The molecule has 206 valence electrons. The lowest BCUT2D eigenvalue weighted by Gasteiger charge is -2.16. The second-order valence-electron chi connectivity index (χ2n) is 9.30. The molecule has 40 heavy (non-hydrogen) atoms. The zero-order valence-electron chi connectivity index (χ0n) is 21.2. The van der Waals surface area contributed by atoms with Gasteiger partial charge in [-0.3, -0.25) is 9.59 Å². The van der Waals surface area contributed by atoms with Gasteiger partial charge in [-0.25, -0.2) is 4.98 Å². The van der Waals surface area contributed by atoms with Crippen LogP contribution in [0.25, 0.3) is 23.0 Å². The summed E-state index contributed by atoms with van der Waals surface area (Å²) in [5.74, 6) is 0.193. The molecule has 2 aromatic carbocycles. The molecule has 0 fully saturated rings. The highest BCUT2D eigenvalue weighted by Gasteiger charge is 2.23. The number of carbonyl (C=O) groups excluding carboxylic acids is 2. The van der Waals surface area contributed by atoms with Gasteiger partial charge in [0.2, 0.25) is 11.8 Å². The number of aromatic nitrogens is 6. The number of imidazole rings is 1. The number of benzene rings is 2. The molecule has 0 radical (unpaired) electrons. The predicted molar refractivity (Wildman–Crippen MR) is 163 cm³/mol. The molecule has 2 aromatic heterocycles. The number of hydrogen-bond donors (Lipinski definition) is 3. The number of hydrogen-bond acceptors (Lipinski definition) is 6. The Balaban J connectivity index is 1.42. The summed E-state index contributed by atoms with van der Waals surface area (Å²) in [6, 6.07) is 10.7. The van der Waals surface area contributed by atoms with Crippen molar-refractivity contribution in [2.24, 2.45) is 0 Å². The Morgan fingerprint density at radius 3 is 2.85 bits per heavy atom. The van der Waals surface area contributed by atoms with Crippen molar-refractivity contribution in [1.82, 2.24) is 35.5 Å². The Bertz CT molecular complexity index is 1550. The van der Waals surface area contributed by atoms with E-state index in [1.165, 1.54) is 17.1 Å². The Morgan fingerprint density at radius 1 is 1.18 bits per heavy atom. The number of alkyl halides is 1. The molecule has 3 N–H and O–H groups in total. The smallest absolute Gasteiger partial charge is 0.244 e. The van der Waals surface area contributed by atoms with Gasteiger partial charge in [0.25, 0.3) is 0 Å². The molecule has 2 bridgehead atoms. The first kappa shape index (κ1) is 28.2. The van der Waals surface area contributed by atoms with Gasteiger partial charge in [0.1, 0.15) is 23.0 Å². The molecule has 2 amide bonds. The van der Waals surface area contributed by atoms with Crippen LogP contribution in [0.5, 0.6) is 0 Å². The number of rotatable bonds is 5. The standard InChI is InChI=1S/C27H25Cl2IN8O2/c28-18-8-10-22(38-15-31-36-37-38)17(13-18)7-11-24(40)32-20-4-2-1-3-5-23(39)33-21-12-16(14-30)6-9-19(21)25-26(29)35-27(20)34-25/h6-13,15,20H,1-5,14H2,(H,32,40)(H,33,39)(H,34,35)/b11-7+/t20-/m0/s1. The van der Waals surface area contributed by atoms with E-state index in [2.05, 4.69) is 53.7 Å². The first-order valence-corrected chi connectivity index (χ1v) is 15.0. The highest BCUT2D eigenvalue weighted by molar-refractivity contribution is 14.1. The number of amides is 2. The summed E-state index contributed by atoms with van der Waals surface area (Å²) < 4.78 is 2.30. The first-order valence-electron chi connectivity index (χ1n) is 12.7. The number of nitrogens with one attached hydrogen (secondary N) is 3. The molecule has 3 heterocycles. The Hall–Kier alpha value is -3.29. The lowest BCUT2D eigenvalue weighted by molar-refractivity contribution is -0.117. The fraction of sp³-hybridized carbons (Fsp3) is 0.259. The molecule has 0 saturated heterocycles. The van der Waals surface area contributed by atoms with Crippen LogP contribution in [-0.4, -0.2) is 42.0 Å². The van der Waals surface area contributed by atoms with Crippen LogP contribution in [0.15, 0.2) is 48.8 Å². The van der Waals surface area contributed by atoms with Gasteiger partial charge in [0, 0.05) is 33.1 Å². The van der Waals surface area contributed by atoms with Crippen molar-refractivity contribution in [3.8, 4) is 16.9 Å². The molecule has 0 aliphatic carbocycles. The number of nitrogens with zero attached hydrogens (tertiary/aromatic N) is 5. The van der Waals surface area contributed by atoms with Crippen molar-refractivity contribution >= 4 is 69.4 Å². The Kier molecular flexibility index (Phi) is 9.12. The summed E-state index contributed by atoms with van der Waals surface area (Å²) in [6.45, 7) is 0. The van der Waals surface area contributed by atoms with Gasteiger partial charge >= 0.3 is 0 Å². The van der Waals surface area contributed by atoms with Gasteiger partial charge in [0.15, 0.2) is 0 Å². The minimum absolute atomic E-state index is 0.0463. The van der Waals surface area contributed by atoms with Crippen molar-refractivity contribution in [2.75, 3.05) is 5.32 Å². The minimum atomic E-state index is -0.414. The normalized spacial score (nSPS) is 16.0. The maximum atomic E-state index is 13.1. The van der Waals surface area contributed by atoms with E-state index in [0.717, 1.165) is 34.8 Å². The van der Waals surface area contributed by atoms with Crippen LogP contribution in [-0.2, 0) is 14.0 Å². The van der Waals surface area contributed by atoms with Crippen LogP contribution < -0.4 is 10.6 Å². The number of halogens is 3. The number of H-pyrrole nitrogens is 1. The summed E-state index contributed by atoms with van der Waals surface area (Å²) in [7, 11) is 0. The molecule has 4 aromatic rings. The molecule has 0 spiro atoms. The monoisotopic (exact) mass is 690 g/mol. The number of tetrazole rings is 1. The lowest BCUT2D eigenvalue weighted by Crippen LogP contribution is -2.27. The second kappa shape index (κ2) is 12.9. The quantitative estimate of drug-likeness (QED) is 0.132. The van der Waals surface area contributed by atoms with E-state index in [4.69, 9.17) is 28.2 Å². The fourth-order valence-electron chi connectivity index (χ4n) is 4.52. The molecule has 1 aliphatic heterocycles. The fourth-order valence-corrected chi connectivity index (χ4v) is 5.42. The van der Waals surface area contributed by atoms with Gasteiger partial charge in [-0.15, -0.1) is 5.10 Å². The predicted octanol–water partition coefficient (Wildman–Crippen LogP) is 6.07. The lowest BCUT2D eigenvalue weighted by atomic mass is 10.1. The molecule has 1 aliphatic rings.